The van der Waals surface area contributed by atoms with E-state index in [0.717, 1.165) is 25.7 Å². The molecule has 124 valence electrons. The Labute approximate surface area is 132 Å². The number of esters is 2. The van der Waals surface area contributed by atoms with Crippen molar-refractivity contribution in [2.75, 3.05) is 0 Å². The summed E-state index contributed by atoms with van der Waals surface area (Å²) in [5.74, 6) is 0.644. The molecular weight excluding hydrogens is 280 g/mol. The summed E-state index contributed by atoms with van der Waals surface area (Å²) in [6, 6.07) is 0. The SMILES string of the molecule is CC(C)CC(C)(C)C(=O)OC12CC3CC(C1)OC(=O)C(C3)C2. The second-order valence-electron chi connectivity index (χ2n) is 8.76. The van der Waals surface area contributed by atoms with Gasteiger partial charge >= 0.3 is 11.9 Å². The summed E-state index contributed by atoms with van der Waals surface area (Å²) in [5, 5.41) is 0. The second-order valence-corrected chi connectivity index (χ2v) is 8.76. The number of carbonyl (C=O) groups is 2. The molecule has 4 bridgehead atoms. The maximum Gasteiger partial charge on any atom is 0.312 e. The highest BCUT2D eigenvalue weighted by Crippen LogP contribution is 2.51. The van der Waals surface area contributed by atoms with Crippen LogP contribution in [0.3, 0.4) is 0 Å². The molecule has 4 heteroatoms. The van der Waals surface area contributed by atoms with Gasteiger partial charge in [-0.1, -0.05) is 13.8 Å². The van der Waals surface area contributed by atoms with E-state index in [9.17, 15) is 9.59 Å². The molecule has 4 unspecified atom stereocenters. The van der Waals surface area contributed by atoms with Crippen LogP contribution in [-0.2, 0) is 19.1 Å². The molecular formula is C18H28O4. The maximum absolute atomic E-state index is 12.7. The Balaban J connectivity index is 1.77. The summed E-state index contributed by atoms with van der Waals surface area (Å²) >= 11 is 0. The minimum atomic E-state index is -0.475. The standard InChI is InChI=1S/C18H28O4/c1-11(2)7-17(3,4)16(20)22-18-8-12-5-13(9-18)15(19)21-14(6-12)10-18/h11-14H,5-10H2,1-4H3. The fourth-order valence-electron chi connectivity index (χ4n) is 4.94. The molecule has 4 nitrogen and oxygen atoms in total. The summed E-state index contributed by atoms with van der Waals surface area (Å²) in [6.45, 7) is 8.17. The molecule has 2 aliphatic carbocycles. The lowest BCUT2D eigenvalue weighted by Crippen LogP contribution is -2.49. The van der Waals surface area contributed by atoms with Gasteiger partial charge in [-0.25, -0.2) is 0 Å². The van der Waals surface area contributed by atoms with Crippen LogP contribution in [0.25, 0.3) is 0 Å². The molecule has 2 aliphatic heterocycles. The molecule has 4 fully saturated rings. The van der Waals surface area contributed by atoms with Crippen LogP contribution in [0.1, 0.15) is 66.2 Å². The molecule has 0 aromatic rings. The highest BCUT2D eigenvalue weighted by molar-refractivity contribution is 5.77. The van der Waals surface area contributed by atoms with Gasteiger partial charge in [-0.3, -0.25) is 9.59 Å². The Kier molecular flexibility index (Phi) is 3.77. The lowest BCUT2D eigenvalue weighted by atomic mass is 9.65. The summed E-state index contributed by atoms with van der Waals surface area (Å²) in [4.78, 5) is 24.8. The molecule has 4 aliphatic rings. The van der Waals surface area contributed by atoms with E-state index in [2.05, 4.69) is 13.8 Å². The third-order valence-corrected chi connectivity index (χ3v) is 5.49. The lowest BCUT2D eigenvalue weighted by Gasteiger charge is -2.46. The molecule has 22 heavy (non-hydrogen) atoms. The minimum Gasteiger partial charge on any atom is -0.462 e. The summed E-state index contributed by atoms with van der Waals surface area (Å²) in [6.07, 6.45) is 4.85. The predicted molar refractivity (Wildman–Crippen MR) is 82.0 cm³/mol. The fourth-order valence-corrected chi connectivity index (χ4v) is 4.94. The summed E-state index contributed by atoms with van der Waals surface area (Å²) in [7, 11) is 0. The van der Waals surface area contributed by atoms with Gasteiger partial charge in [0.25, 0.3) is 0 Å². The fraction of sp³-hybridized carbons (Fsp3) is 0.889. The molecule has 0 aromatic carbocycles. The van der Waals surface area contributed by atoms with Gasteiger partial charge in [0.1, 0.15) is 11.7 Å². The van der Waals surface area contributed by atoms with Crippen molar-refractivity contribution in [2.45, 2.75) is 77.9 Å². The molecule has 0 amide bonds. The van der Waals surface area contributed by atoms with Crippen molar-refractivity contribution in [1.82, 2.24) is 0 Å². The van der Waals surface area contributed by atoms with Gasteiger partial charge in [-0.15, -0.1) is 0 Å². The molecule has 2 saturated carbocycles. The first-order valence-electron chi connectivity index (χ1n) is 8.63. The van der Waals surface area contributed by atoms with Gasteiger partial charge in [0.2, 0.25) is 0 Å². The summed E-state index contributed by atoms with van der Waals surface area (Å²) in [5.41, 5.74) is -0.939. The van der Waals surface area contributed by atoms with E-state index >= 15 is 0 Å². The lowest BCUT2D eigenvalue weighted by molar-refractivity contribution is -0.185. The number of hydrogen-bond acceptors (Lipinski definition) is 4. The first-order chi connectivity index (χ1) is 10.2. The van der Waals surface area contributed by atoms with Crippen LogP contribution in [0.5, 0.6) is 0 Å². The van der Waals surface area contributed by atoms with Crippen molar-refractivity contribution in [3.8, 4) is 0 Å². The predicted octanol–water partition coefficient (Wildman–Crippen LogP) is 3.48. The normalized spacial score (nSPS) is 37.1. The largest absolute Gasteiger partial charge is 0.462 e. The molecule has 2 saturated heterocycles. The number of carbonyl (C=O) groups excluding carboxylic acids is 2. The van der Waals surface area contributed by atoms with Crippen LogP contribution < -0.4 is 0 Å². The highest BCUT2D eigenvalue weighted by Gasteiger charge is 2.55. The van der Waals surface area contributed by atoms with Crippen LogP contribution >= 0.6 is 0 Å². The van der Waals surface area contributed by atoms with Gasteiger partial charge < -0.3 is 9.47 Å². The van der Waals surface area contributed by atoms with Crippen molar-refractivity contribution in [3.63, 3.8) is 0 Å². The number of rotatable bonds is 4. The van der Waals surface area contributed by atoms with Crippen molar-refractivity contribution >= 4 is 11.9 Å². The van der Waals surface area contributed by atoms with Crippen molar-refractivity contribution in [3.05, 3.63) is 0 Å². The van der Waals surface area contributed by atoms with Gasteiger partial charge in [0.05, 0.1) is 11.3 Å². The molecule has 4 rings (SSSR count). The zero-order valence-corrected chi connectivity index (χ0v) is 14.2. The van der Waals surface area contributed by atoms with Crippen molar-refractivity contribution < 1.29 is 19.1 Å². The molecule has 2 heterocycles. The van der Waals surface area contributed by atoms with E-state index in [1.807, 2.05) is 13.8 Å². The topological polar surface area (TPSA) is 52.6 Å². The van der Waals surface area contributed by atoms with Crippen LogP contribution in [0.15, 0.2) is 0 Å². The van der Waals surface area contributed by atoms with E-state index in [0.29, 0.717) is 24.7 Å². The molecule has 0 aromatic heterocycles. The Morgan fingerprint density at radius 1 is 1.32 bits per heavy atom. The zero-order chi connectivity index (χ0) is 16.1. The molecule has 0 radical (unpaired) electrons. The van der Waals surface area contributed by atoms with E-state index < -0.39 is 11.0 Å². The molecule has 4 atom stereocenters. The number of fused-ring (bicyclic) bond motifs is 1. The smallest absolute Gasteiger partial charge is 0.312 e. The quantitative estimate of drug-likeness (QED) is 0.746. The third kappa shape index (κ3) is 2.89. The van der Waals surface area contributed by atoms with Crippen LogP contribution in [-0.4, -0.2) is 23.6 Å². The monoisotopic (exact) mass is 308 g/mol. The molecule has 0 spiro atoms. The van der Waals surface area contributed by atoms with Gasteiger partial charge in [-0.05, 0) is 51.4 Å². The van der Waals surface area contributed by atoms with Crippen LogP contribution in [0.4, 0.5) is 0 Å². The maximum atomic E-state index is 12.7. The highest BCUT2D eigenvalue weighted by atomic mass is 16.6. The van der Waals surface area contributed by atoms with Crippen molar-refractivity contribution in [2.24, 2.45) is 23.2 Å². The second kappa shape index (κ2) is 5.24. The Bertz CT molecular complexity index is 481. The van der Waals surface area contributed by atoms with Gasteiger partial charge in [0, 0.05) is 12.8 Å². The number of ether oxygens (including phenoxy) is 2. The van der Waals surface area contributed by atoms with E-state index in [1.165, 1.54) is 0 Å². The average Bonchev–Trinajstić information content (AvgIpc) is 2.50. The third-order valence-electron chi connectivity index (χ3n) is 5.49. The summed E-state index contributed by atoms with van der Waals surface area (Å²) < 4.78 is 11.6. The zero-order valence-electron chi connectivity index (χ0n) is 14.2. The Morgan fingerprint density at radius 2 is 2.05 bits per heavy atom. The van der Waals surface area contributed by atoms with Gasteiger partial charge in [0.15, 0.2) is 0 Å². The Morgan fingerprint density at radius 3 is 2.73 bits per heavy atom. The number of hydrogen-bond donors (Lipinski definition) is 0. The first-order valence-corrected chi connectivity index (χ1v) is 8.63. The average molecular weight is 308 g/mol. The van der Waals surface area contributed by atoms with Crippen molar-refractivity contribution in [1.29, 1.82) is 0 Å². The first kappa shape index (κ1) is 15.8. The van der Waals surface area contributed by atoms with E-state index in [1.54, 1.807) is 0 Å². The minimum absolute atomic E-state index is 0.0558. The molecule has 0 N–H and O–H groups in total. The van der Waals surface area contributed by atoms with E-state index in [-0.39, 0.29) is 24.0 Å². The Hall–Kier alpha value is -1.06. The van der Waals surface area contributed by atoms with E-state index in [4.69, 9.17) is 9.47 Å². The van der Waals surface area contributed by atoms with Crippen LogP contribution in [0, 0.1) is 23.2 Å². The van der Waals surface area contributed by atoms with Gasteiger partial charge in [-0.2, -0.15) is 0 Å². The van der Waals surface area contributed by atoms with Crippen LogP contribution in [0.2, 0.25) is 0 Å².